The number of amides is 2. The number of hydrogen-bond acceptors (Lipinski definition) is 2. The molecule has 4 nitrogen and oxygen atoms in total. The van der Waals surface area contributed by atoms with Crippen LogP contribution in [0.5, 0.6) is 0 Å². The second-order valence-electron chi connectivity index (χ2n) is 6.14. The number of benzene rings is 2. The van der Waals surface area contributed by atoms with Gasteiger partial charge in [0, 0.05) is 17.3 Å². The summed E-state index contributed by atoms with van der Waals surface area (Å²) in [6.45, 7) is 2.56. The molecule has 2 aromatic rings. The lowest BCUT2D eigenvalue weighted by molar-refractivity contribution is 0.0815. The van der Waals surface area contributed by atoms with Gasteiger partial charge in [-0.2, -0.15) is 0 Å². The topological polar surface area (TPSA) is 50.4 Å². The maximum atomic E-state index is 13.2. The first-order valence-electron chi connectivity index (χ1n) is 8.23. The van der Waals surface area contributed by atoms with Crippen LogP contribution in [0.2, 0.25) is 5.02 Å². The van der Waals surface area contributed by atoms with Crippen LogP contribution in [-0.4, -0.2) is 18.7 Å². The second-order valence-corrected chi connectivity index (χ2v) is 6.55. The molecule has 2 aromatic carbocycles. The molecule has 0 aromatic heterocycles. The quantitative estimate of drug-likeness (QED) is 0.818. The molecule has 25 heavy (non-hydrogen) atoms. The van der Waals surface area contributed by atoms with Crippen LogP contribution in [0.25, 0.3) is 0 Å². The van der Waals surface area contributed by atoms with E-state index < -0.39 is 0 Å². The van der Waals surface area contributed by atoms with E-state index in [0.717, 1.165) is 24.0 Å². The fourth-order valence-corrected chi connectivity index (χ4v) is 3.09. The molecular weight excluding hydrogens is 343 g/mol. The van der Waals surface area contributed by atoms with Crippen molar-refractivity contribution in [2.75, 3.05) is 11.9 Å². The molecule has 1 saturated heterocycles. The van der Waals surface area contributed by atoms with Crippen LogP contribution in [-0.2, 0) is 4.74 Å². The molecule has 2 N–H and O–H groups in total. The molecule has 1 aliphatic rings. The molecule has 2 unspecified atom stereocenters. The predicted molar refractivity (Wildman–Crippen MR) is 96.5 cm³/mol. The van der Waals surface area contributed by atoms with Crippen molar-refractivity contribution in [3.8, 4) is 0 Å². The van der Waals surface area contributed by atoms with Gasteiger partial charge in [0.2, 0.25) is 0 Å². The van der Waals surface area contributed by atoms with Crippen LogP contribution in [0.4, 0.5) is 14.9 Å². The van der Waals surface area contributed by atoms with Crippen molar-refractivity contribution in [2.24, 2.45) is 0 Å². The molecule has 0 aliphatic carbocycles. The summed E-state index contributed by atoms with van der Waals surface area (Å²) in [5.74, 6) is -0.311. The number of carbonyl (C=O) groups excluding carboxylic acids is 1. The molecule has 3 rings (SSSR count). The molecule has 132 valence electrons. The SMILES string of the molecule is Cc1ccc(NC(=O)NC(c2ccc(F)cc2)C2CCCO2)cc1Cl. The third kappa shape index (κ3) is 4.50. The lowest BCUT2D eigenvalue weighted by Gasteiger charge is -2.25. The molecule has 6 heteroatoms. The van der Waals surface area contributed by atoms with Crippen LogP contribution < -0.4 is 10.6 Å². The number of anilines is 1. The average Bonchev–Trinajstić information content (AvgIpc) is 3.11. The Morgan fingerprint density at radius 1 is 1.28 bits per heavy atom. The maximum absolute atomic E-state index is 13.2. The lowest BCUT2D eigenvalue weighted by atomic mass is 9.99. The van der Waals surface area contributed by atoms with E-state index in [2.05, 4.69) is 10.6 Å². The van der Waals surface area contributed by atoms with E-state index in [0.29, 0.717) is 17.3 Å². The van der Waals surface area contributed by atoms with Crippen LogP contribution in [0.3, 0.4) is 0 Å². The smallest absolute Gasteiger partial charge is 0.319 e. The third-order valence-corrected chi connectivity index (χ3v) is 4.69. The predicted octanol–water partition coefficient (Wildman–Crippen LogP) is 4.83. The number of ether oxygens (including phenoxy) is 1. The molecular formula is C19H20ClFN2O2. The number of halogens is 2. The minimum Gasteiger partial charge on any atom is -0.376 e. The molecule has 2 amide bonds. The Hall–Kier alpha value is -2.11. The van der Waals surface area contributed by atoms with E-state index in [1.165, 1.54) is 12.1 Å². The number of rotatable bonds is 4. The Morgan fingerprint density at radius 2 is 2.04 bits per heavy atom. The molecule has 0 saturated carbocycles. The Bertz CT molecular complexity index is 746. The fraction of sp³-hybridized carbons (Fsp3) is 0.316. The van der Waals surface area contributed by atoms with Gasteiger partial charge >= 0.3 is 6.03 Å². The molecule has 0 spiro atoms. The van der Waals surface area contributed by atoms with Gasteiger partial charge in [0.25, 0.3) is 0 Å². The normalized spacial score (nSPS) is 18.0. The molecule has 1 aliphatic heterocycles. The van der Waals surface area contributed by atoms with Gasteiger partial charge in [-0.3, -0.25) is 0 Å². The first-order chi connectivity index (χ1) is 12.0. The van der Waals surface area contributed by atoms with Crippen LogP contribution >= 0.6 is 11.6 Å². The summed E-state index contributed by atoms with van der Waals surface area (Å²) < 4.78 is 18.9. The summed E-state index contributed by atoms with van der Waals surface area (Å²) >= 11 is 6.09. The summed E-state index contributed by atoms with van der Waals surface area (Å²) in [4.78, 5) is 12.4. The second kappa shape index (κ2) is 7.85. The molecule has 1 heterocycles. The fourth-order valence-electron chi connectivity index (χ4n) is 2.91. The Labute approximate surface area is 151 Å². The summed E-state index contributed by atoms with van der Waals surface area (Å²) in [6, 6.07) is 10.8. The van der Waals surface area contributed by atoms with Crippen molar-refractivity contribution in [1.29, 1.82) is 0 Å². The molecule has 0 radical (unpaired) electrons. The van der Waals surface area contributed by atoms with E-state index >= 15 is 0 Å². The first kappa shape index (κ1) is 17.7. The van der Waals surface area contributed by atoms with Crippen LogP contribution in [0.1, 0.15) is 30.0 Å². The van der Waals surface area contributed by atoms with Crippen molar-refractivity contribution in [3.63, 3.8) is 0 Å². The summed E-state index contributed by atoms with van der Waals surface area (Å²) in [5, 5.41) is 6.31. The monoisotopic (exact) mass is 362 g/mol. The number of nitrogens with one attached hydrogen (secondary N) is 2. The van der Waals surface area contributed by atoms with Gasteiger partial charge in [0.05, 0.1) is 12.1 Å². The van der Waals surface area contributed by atoms with Crippen molar-refractivity contribution in [3.05, 3.63) is 64.4 Å². The van der Waals surface area contributed by atoms with Gasteiger partial charge in [0.15, 0.2) is 0 Å². The zero-order chi connectivity index (χ0) is 17.8. The summed E-state index contributed by atoms with van der Waals surface area (Å²) in [6.07, 6.45) is 1.66. The van der Waals surface area contributed by atoms with Gasteiger partial charge in [-0.05, 0) is 55.2 Å². The number of hydrogen-bond donors (Lipinski definition) is 2. The van der Waals surface area contributed by atoms with Crippen molar-refractivity contribution in [1.82, 2.24) is 5.32 Å². The van der Waals surface area contributed by atoms with E-state index in [-0.39, 0.29) is 24.0 Å². The van der Waals surface area contributed by atoms with Gasteiger partial charge in [-0.1, -0.05) is 29.8 Å². The van der Waals surface area contributed by atoms with Gasteiger partial charge in [0.1, 0.15) is 5.82 Å². The highest BCUT2D eigenvalue weighted by atomic mass is 35.5. The van der Waals surface area contributed by atoms with Gasteiger partial charge < -0.3 is 15.4 Å². The average molecular weight is 363 g/mol. The van der Waals surface area contributed by atoms with Crippen LogP contribution in [0.15, 0.2) is 42.5 Å². The Morgan fingerprint density at radius 3 is 2.68 bits per heavy atom. The first-order valence-corrected chi connectivity index (χ1v) is 8.61. The van der Waals surface area contributed by atoms with E-state index in [1.807, 2.05) is 13.0 Å². The zero-order valence-electron chi connectivity index (χ0n) is 13.9. The molecule has 1 fully saturated rings. The van der Waals surface area contributed by atoms with Crippen molar-refractivity contribution < 1.29 is 13.9 Å². The summed E-state index contributed by atoms with van der Waals surface area (Å²) in [5.41, 5.74) is 2.36. The number of urea groups is 1. The number of carbonyl (C=O) groups is 1. The third-order valence-electron chi connectivity index (χ3n) is 4.28. The maximum Gasteiger partial charge on any atom is 0.319 e. The van der Waals surface area contributed by atoms with Crippen LogP contribution in [0, 0.1) is 12.7 Å². The highest BCUT2D eigenvalue weighted by molar-refractivity contribution is 6.31. The minimum absolute atomic E-state index is 0.127. The zero-order valence-corrected chi connectivity index (χ0v) is 14.6. The van der Waals surface area contributed by atoms with Gasteiger partial charge in [-0.25, -0.2) is 9.18 Å². The van der Waals surface area contributed by atoms with Crippen molar-refractivity contribution >= 4 is 23.3 Å². The van der Waals surface area contributed by atoms with E-state index in [9.17, 15) is 9.18 Å². The standard InChI is InChI=1S/C19H20ClFN2O2/c1-12-4-9-15(11-16(12)20)22-19(24)23-18(17-3-2-10-25-17)13-5-7-14(21)8-6-13/h4-9,11,17-18H,2-3,10H2,1H3,(H2,22,23,24). The number of aryl methyl sites for hydroxylation is 1. The van der Waals surface area contributed by atoms with Crippen molar-refractivity contribution in [2.45, 2.75) is 31.9 Å². The summed E-state index contributed by atoms with van der Waals surface area (Å²) in [7, 11) is 0. The molecule has 2 atom stereocenters. The lowest BCUT2D eigenvalue weighted by Crippen LogP contribution is -2.38. The highest BCUT2D eigenvalue weighted by Gasteiger charge is 2.28. The van der Waals surface area contributed by atoms with E-state index in [4.69, 9.17) is 16.3 Å². The Balaban J connectivity index is 1.73. The molecule has 0 bridgehead atoms. The Kier molecular flexibility index (Phi) is 5.56. The highest BCUT2D eigenvalue weighted by Crippen LogP contribution is 2.27. The minimum atomic E-state index is -0.357. The van der Waals surface area contributed by atoms with Gasteiger partial charge in [-0.15, -0.1) is 0 Å². The largest absolute Gasteiger partial charge is 0.376 e. The van der Waals surface area contributed by atoms with E-state index in [1.54, 1.807) is 24.3 Å².